The normalized spacial score (nSPS) is 12.4. The highest BCUT2D eigenvalue weighted by molar-refractivity contribution is 5.30. The minimum Gasteiger partial charge on any atom is -0.388 e. The Balaban J connectivity index is 2.05. The van der Waals surface area contributed by atoms with Gasteiger partial charge in [-0.05, 0) is 50.3 Å². The zero-order valence-electron chi connectivity index (χ0n) is 12.0. The fourth-order valence-electron chi connectivity index (χ4n) is 2.55. The van der Waals surface area contributed by atoms with Gasteiger partial charge in [0.2, 0.25) is 0 Å². The van der Waals surface area contributed by atoms with Crippen LogP contribution in [0.1, 0.15) is 40.3 Å². The van der Waals surface area contributed by atoms with Gasteiger partial charge in [0, 0.05) is 0 Å². The Morgan fingerprint density at radius 1 is 0.947 bits per heavy atom. The average Bonchev–Trinajstić information content (AvgIpc) is 2.36. The molecule has 0 aliphatic carbocycles. The summed E-state index contributed by atoms with van der Waals surface area (Å²) in [6.07, 6.45) is 1.31. The number of aliphatic hydroxyl groups is 1. The standard InChI is InChI=1S/C18H22O/c1-13-10-14(2)12-17(11-13)18(19)9-8-16-7-5-4-6-15(16)3/h4-7,10-12,18-19H,8-9H2,1-3H3. The van der Waals surface area contributed by atoms with Crippen molar-refractivity contribution in [1.29, 1.82) is 0 Å². The van der Waals surface area contributed by atoms with Crippen molar-refractivity contribution < 1.29 is 5.11 Å². The molecule has 0 aromatic heterocycles. The van der Waals surface area contributed by atoms with E-state index in [0.29, 0.717) is 0 Å². The van der Waals surface area contributed by atoms with Crippen molar-refractivity contribution in [2.75, 3.05) is 0 Å². The molecule has 0 saturated heterocycles. The molecule has 1 nitrogen and oxygen atoms in total. The van der Waals surface area contributed by atoms with E-state index in [1.807, 2.05) is 0 Å². The Labute approximate surface area is 115 Å². The van der Waals surface area contributed by atoms with E-state index in [4.69, 9.17) is 0 Å². The van der Waals surface area contributed by atoms with Crippen LogP contribution in [0.2, 0.25) is 0 Å². The summed E-state index contributed by atoms with van der Waals surface area (Å²) in [5.41, 5.74) is 6.09. The first-order valence-electron chi connectivity index (χ1n) is 6.87. The molecule has 0 fully saturated rings. The van der Waals surface area contributed by atoms with Crippen LogP contribution in [-0.2, 0) is 6.42 Å². The molecule has 2 rings (SSSR count). The van der Waals surface area contributed by atoms with Crippen molar-refractivity contribution in [2.45, 2.75) is 39.7 Å². The van der Waals surface area contributed by atoms with E-state index in [1.165, 1.54) is 22.3 Å². The number of hydrogen-bond donors (Lipinski definition) is 1. The lowest BCUT2D eigenvalue weighted by molar-refractivity contribution is 0.167. The fraction of sp³-hybridized carbons (Fsp3) is 0.333. The number of hydrogen-bond acceptors (Lipinski definition) is 1. The first-order chi connectivity index (χ1) is 9.06. The Morgan fingerprint density at radius 2 is 1.58 bits per heavy atom. The van der Waals surface area contributed by atoms with Gasteiger partial charge >= 0.3 is 0 Å². The average molecular weight is 254 g/mol. The molecule has 0 radical (unpaired) electrons. The molecular formula is C18H22O. The van der Waals surface area contributed by atoms with Crippen molar-refractivity contribution >= 4 is 0 Å². The molecule has 2 aromatic carbocycles. The number of aliphatic hydroxyl groups excluding tert-OH is 1. The predicted molar refractivity (Wildman–Crippen MR) is 80.4 cm³/mol. The molecule has 1 atom stereocenters. The molecule has 0 aliphatic rings. The summed E-state index contributed by atoms with van der Waals surface area (Å²) in [5.74, 6) is 0. The molecule has 0 heterocycles. The van der Waals surface area contributed by atoms with Crippen molar-refractivity contribution in [3.05, 3.63) is 70.3 Å². The van der Waals surface area contributed by atoms with Gasteiger partial charge in [-0.25, -0.2) is 0 Å². The van der Waals surface area contributed by atoms with Crippen LogP contribution in [0.3, 0.4) is 0 Å². The molecular weight excluding hydrogens is 232 g/mol. The molecule has 1 heteroatoms. The van der Waals surface area contributed by atoms with Crippen LogP contribution in [0.15, 0.2) is 42.5 Å². The lowest BCUT2D eigenvalue weighted by atomic mass is 9.97. The van der Waals surface area contributed by atoms with Gasteiger partial charge in [-0.2, -0.15) is 0 Å². The Kier molecular flexibility index (Phi) is 4.39. The highest BCUT2D eigenvalue weighted by Crippen LogP contribution is 2.22. The second-order valence-corrected chi connectivity index (χ2v) is 5.40. The van der Waals surface area contributed by atoms with Gasteiger partial charge < -0.3 is 5.11 Å². The minimum absolute atomic E-state index is 0.377. The van der Waals surface area contributed by atoms with Crippen molar-refractivity contribution in [3.8, 4) is 0 Å². The summed E-state index contributed by atoms with van der Waals surface area (Å²) in [5, 5.41) is 10.3. The first-order valence-corrected chi connectivity index (χ1v) is 6.87. The molecule has 19 heavy (non-hydrogen) atoms. The summed E-state index contributed by atoms with van der Waals surface area (Å²) in [7, 11) is 0. The van der Waals surface area contributed by atoms with Crippen LogP contribution in [-0.4, -0.2) is 5.11 Å². The van der Waals surface area contributed by atoms with Crippen LogP contribution >= 0.6 is 0 Å². The Hall–Kier alpha value is -1.60. The number of benzene rings is 2. The summed E-state index contributed by atoms with van der Waals surface area (Å²) in [6.45, 7) is 6.27. The summed E-state index contributed by atoms with van der Waals surface area (Å²) in [6, 6.07) is 14.7. The molecule has 1 N–H and O–H groups in total. The second-order valence-electron chi connectivity index (χ2n) is 5.40. The van der Waals surface area contributed by atoms with Gasteiger partial charge in [-0.1, -0.05) is 53.6 Å². The third-order valence-corrected chi connectivity index (χ3v) is 3.58. The third-order valence-electron chi connectivity index (χ3n) is 3.58. The van der Waals surface area contributed by atoms with E-state index in [1.54, 1.807) is 0 Å². The molecule has 100 valence electrons. The van der Waals surface area contributed by atoms with E-state index in [-0.39, 0.29) is 6.10 Å². The monoisotopic (exact) mass is 254 g/mol. The molecule has 0 bridgehead atoms. The van der Waals surface area contributed by atoms with E-state index >= 15 is 0 Å². The Bertz CT molecular complexity index is 537. The van der Waals surface area contributed by atoms with Gasteiger partial charge in [-0.15, -0.1) is 0 Å². The van der Waals surface area contributed by atoms with Gasteiger partial charge in [0.25, 0.3) is 0 Å². The zero-order chi connectivity index (χ0) is 13.8. The molecule has 0 saturated carbocycles. The second kappa shape index (κ2) is 6.03. The van der Waals surface area contributed by atoms with Crippen molar-refractivity contribution in [2.24, 2.45) is 0 Å². The van der Waals surface area contributed by atoms with Crippen LogP contribution in [0.4, 0.5) is 0 Å². The van der Waals surface area contributed by atoms with Gasteiger partial charge in [-0.3, -0.25) is 0 Å². The highest BCUT2D eigenvalue weighted by Gasteiger charge is 2.09. The summed E-state index contributed by atoms with van der Waals surface area (Å²) < 4.78 is 0. The van der Waals surface area contributed by atoms with E-state index in [2.05, 4.69) is 63.2 Å². The van der Waals surface area contributed by atoms with E-state index in [0.717, 1.165) is 18.4 Å². The lowest BCUT2D eigenvalue weighted by Gasteiger charge is -2.13. The fourth-order valence-corrected chi connectivity index (χ4v) is 2.55. The number of aryl methyl sites for hydroxylation is 4. The van der Waals surface area contributed by atoms with Crippen LogP contribution in [0, 0.1) is 20.8 Å². The molecule has 0 amide bonds. The van der Waals surface area contributed by atoms with Crippen LogP contribution in [0.5, 0.6) is 0 Å². The van der Waals surface area contributed by atoms with Gasteiger partial charge in [0.05, 0.1) is 6.10 Å². The summed E-state index contributed by atoms with van der Waals surface area (Å²) in [4.78, 5) is 0. The zero-order valence-corrected chi connectivity index (χ0v) is 12.0. The minimum atomic E-state index is -0.377. The highest BCUT2D eigenvalue weighted by atomic mass is 16.3. The number of rotatable bonds is 4. The molecule has 0 aliphatic heterocycles. The maximum Gasteiger partial charge on any atom is 0.0793 e. The Morgan fingerprint density at radius 3 is 2.21 bits per heavy atom. The van der Waals surface area contributed by atoms with E-state index in [9.17, 15) is 5.11 Å². The maximum absolute atomic E-state index is 10.3. The largest absolute Gasteiger partial charge is 0.388 e. The van der Waals surface area contributed by atoms with Crippen molar-refractivity contribution in [1.82, 2.24) is 0 Å². The van der Waals surface area contributed by atoms with Gasteiger partial charge in [0.15, 0.2) is 0 Å². The van der Waals surface area contributed by atoms with Crippen LogP contribution < -0.4 is 0 Å². The van der Waals surface area contributed by atoms with E-state index < -0.39 is 0 Å². The lowest BCUT2D eigenvalue weighted by Crippen LogP contribution is -2.01. The van der Waals surface area contributed by atoms with Crippen molar-refractivity contribution in [3.63, 3.8) is 0 Å². The third kappa shape index (κ3) is 3.68. The summed E-state index contributed by atoms with van der Waals surface area (Å²) >= 11 is 0. The van der Waals surface area contributed by atoms with Crippen LogP contribution in [0.25, 0.3) is 0 Å². The molecule has 2 aromatic rings. The predicted octanol–water partition coefficient (Wildman–Crippen LogP) is 4.28. The molecule has 0 spiro atoms. The SMILES string of the molecule is Cc1cc(C)cc(C(O)CCc2ccccc2C)c1. The van der Waals surface area contributed by atoms with Gasteiger partial charge in [0.1, 0.15) is 0 Å². The smallest absolute Gasteiger partial charge is 0.0793 e. The quantitative estimate of drug-likeness (QED) is 0.863. The topological polar surface area (TPSA) is 20.2 Å². The first kappa shape index (κ1) is 13.8. The maximum atomic E-state index is 10.3. The molecule has 1 unspecified atom stereocenters.